The fourth-order valence-corrected chi connectivity index (χ4v) is 2.09. The van der Waals surface area contributed by atoms with Gasteiger partial charge in [0.15, 0.2) is 0 Å². The van der Waals surface area contributed by atoms with Crippen LogP contribution in [0.3, 0.4) is 0 Å². The standard InChI is InChI=1S/C15H14FNO2/c16-12-4-2-6-14(10-12)19-13-5-1-3-11(9-13)15-7-8-18-17-15/h1-6,9-10,15,17H,7-8H2/t15-/m1/s1. The molecule has 0 aliphatic carbocycles. The van der Waals surface area contributed by atoms with Crippen LogP contribution < -0.4 is 10.2 Å². The second-order valence-electron chi connectivity index (χ2n) is 4.44. The Morgan fingerprint density at radius 2 is 1.89 bits per heavy atom. The molecule has 3 rings (SSSR count). The molecule has 1 saturated heterocycles. The molecule has 0 unspecified atom stereocenters. The van der Waals surface area contributed by atoms with Gasteiger partial charge in [-0.15, -0.1) is 0 Å². The molecule has 0 spiro atoms. The molecule has 2 aromatic rings. The van der Waals surface area contributed by atoms with E-state index >= 15 is 0 Å². The first kappa shape index (κ1) is 12.1. The molecule has 1 aliphatic heterocycles. The predicted molar refractivity (Wildman–Crippen MR) is 69.4 cm³/mol. The Hall–Kier alpha value is -1.91. The number of hydrogen-bond donors (Lipinski definition) is 1. The summed E-state index contributed by atoms with van der Waals surface area (Å²) in [5, 5.41) is 0. The highest BCUT2D eigenvalue weighted by Crippen LogP contribution is 2.27. The van der Waals surface area contributed by atoms with Crippen molar-refractivity contribution in [3.05, 3.63) is 59.9 Å². The quantitative estimate of drug-likeness (QED) is 0.913. The van der Waals surface area contributed by atoms with Crippen molar-refractivity contribution in [2.24, 2.45) is 0 Å². The molecule has 1 atom stereocenters. The van der Waals surface area contributed by atoms with Gasteiger partial charge in [-0.05, 0) is 36.2 Å². The number of hydrogen-bond acceptors (Lipinski definition) is 3. The van der Waals surface area contributed by atoms with E-state index in [1.165, 1.54) is 12.1 Å². The Kier molecular flexibility index (Phi) is 3.44. The van der Waals surface area contributed by atoms with Crippen LogP contribution >= 0.6 is 0 Å². The molecular formula is C15H14FNO2. The summed E-state index contributed by atoms with van der Waals surface area (Å²) >= 11 is 0. The summed E-state index contributed by atoms with van der Waals surface area (Å²) < 4.78 is 18.7. The van der Waals surface area contributed by atoms with Gasteiger partial charge in [0.05, 0.1) is 12.6 Å². The van der Waals surface area contributed by atoms with E-state index in [0.29, 0.717) is 18.1 Å². The van der Waals surface area contributed by atoms with Crippen LogP contribution in [0.5, 0.6) is 11.5 Å². The van der Waals surface area contributed by atoms with Crippen LogP contribution in [0, 0.1) is 5.82 Å². The molecule has 1 heterocycles. The first-order valence-electron chi connectivity index (χ1n) is 6.22. The molecule has 0 amide bonds. The van der Waals surface area contributed by atoms with E-state index in [1.54, 1.807) is 12.1 Å². The first-order valence-corrected chi connectivity index (χ1v) is 6.22. The number of benzene rings is 2. The van der Waals surface area contributed by atoms with E-state index in [1.807, 2.05) is 24.3 Å². The van der Waals surface area contributed by atoms with Gasteiger partial charge < -0.3 is 9.57 Å². The summed E-state index contributed by atoms with van der Waals surface area (Å²) in [5.41, 5.74) is 4.06. The summed E-state index contributed by atoms with van der Waals surface area (Å²) in [6.45, 7) is 0.708. The average molecular weight is 259 g/mol. The van der Waals surface area contributed by atoms with Crippen LogP contribution in [0.25, 0.3) is 0 Å². The van der Waals surface area contributed by atoms with Crippen molar-refractivity contribution in [1.82, 2.24) is 5.48 Å². The lowest BCUT2D eigenvalue weighted by Crippen LogP contribution is -2.11. The zero-order valence-electron chi connectivity index (χ0n) is 10.3. The Balaban J connectivity index is 1.79. The van der Waals surface area contributed by atoms with Crippen molar-refractivity contribution in [1.29, 1.82) is 0 Å². The molecule has 1 fully saturated rings. The van der Waals surface area contributed by atoms with Gasteiger partial charge in [0, 0.05) is 6.07 Å². The zero-order chi connectivity index (χ0) is 13.1. The SMILES string of the molecule is Fc1cccc(Oc2cccc([C@H]3CCON3)c2)c1. The van der Waals surface area contributed by atoms with E-state index in [2.05, 4.69) is 5.48 Å². The van der Waals surface area contributed by atoms with Crippen molar-refractivity contribution >= 4 is 0 Å². The van der Waals surface area contributed by atoms with Crippen LogP contribution in [0.4, 0.5) is 4.39 Å². The molecule has 98 valence electrons. The Labute approximate surface area is 110 Å². The van der Waals surface area contributed by atoms with Crippen molar-refractivity contribution in [3.8, 4) is 11.5 Å². The molecule has 0 radical (unpaired) electrons. The smallest absolute Gasteiger partial charge is 0.130 e. The number of halogens is 1. The topological polar surface area (TPSA) is 30.5 Å². The molecule has 0 aromatic heterocycles. The monoisotopic (exact) mass is 259 g/mol. The zero-order valence-corrected chi connectivity index (χ0v) is 10.3. The maximum atomic E-state index is 13.1. The molecule has 1 aliphatic rings. The van der Waals surface area contributed by atoms with Gasteiger partial charge in [-0.3, -0.25) is 0 Å². The van der Waals surface area contributed by atoms with Gasteiger partial charge in [0.25, 0.3) is 0 Å². The fraction of sp³-hybridized carbons (Fsp3) is 0.200. The molecule has 0 bridgehead atoms. The number of rotatable bonds is 3. The van der Waals surface area contributed by atoms with Gasteiger partial charge in [-0.1, -0.05) is 18.2 Å². The normalized spacial score (nSPS) is 18.5. The minimum absolute atomic E-state index is 0.191. The maximum Gasteiger partial charge on any atom is 0.130 e. The fourth-order valence-electron chi connectivity index (χ4n) is 2.09. The highest BCUT2D eigenvalue weighted by Gasteiger charge is 2.17. The van der Waals surface area contributed by atoms with Gasteiger partial charge in [0.1, 0.15) is 17.3 Å². The van der Waals surface area contributed by atoms with Gasteiger partial charge in [-0.25, -0.2) is 4.39 Å². The van der Waals surface area contributed by atoms with Gasteiger partial charge in [0.2, 0.25) is 0 Å². The lowest BCUT2D eigenvalue weighted by atomic mass is 10.1. The van der Waals surface area contributed by atoms with Crippen molar-refractivity contribution in [2.75, 3.05) is 6.61 Å². The van der Waals surface area contributed by atoms with E-state index < -0.39 is 0 Å². The lowest BCUT2D eigenvalue weighted by Gasteiger charge is -2.11. The number of ether oxygens (including phenoxy) is 1. The first-order chi connectivity index (χ1) is 9.31. The second-order valence-corrected chi connectivity index (χ2v) is 4.44. The molecular weight excluding hydrogens is 245 g/mol. The third-order valence-corrected chi connectivity index (χ3v) is 3.03. The molecule has 4 heteroatoms. The Bertz CT molecular complexity index is 568. The molecule has 2 aromatic carbocycles. The highest BCUT2D eigenvalue weighted by molar-refractivity contribution is 5.35. The van der Waals surface area contributed by atoms with Crippen molar-refractivity contribution < 1.29 is 14.0 Å². The van der Waals surface area contributed by atoms with E-state index in [4.69, 9.17) is 9.57 Å². The third-order valence-electron chi connectivity index (χ3n) is 3.03. The molecule has 19 heavy (non-hydrogen) atoms. The highest BCUT2D eigenvalue weighted by atomic mass is 19.1. The van der Waals surface area contributed by atoms with Crippen LogP contribution in [0.15, 0.2) is 48.5 Å². The summed E-state index contributed by atoms with van der Waals surface area (Å²) in [4.78, 5) is 5.14. The summed E-state index contributed by atoms with van der Waals surface area (Å²) in [5.74, 6) is 0.879. The largest absolute Gasteiger partial charge is 0.457 e. The number of hydroxylamine groups is 1. The van der Waals surface area contributed by atoms with Crippen molar-refractivity contribution in [2.45, 2.75) is 12.5 Å². The van der Waals surface area contributed by atoms with Crippen LogP contribution in [-0.4, -0.2) is 6.61 Å². The molecule has 0 saturated carbocycles. The van der Waals surface area contributed by atoms with Crippen molar-refractivity contribution in [3.63, 3.8) is 0 Å². The second kappa shape index (κ2) is 5.38. The maximum absolute atomic E-state index is 13.1. The molecule has 1 N–H and O–H groups in total. The van der Waals surface area contributed by atoms with E-state index in [0.717, 1.165) is 12.0 Å². The average Bonchev–Trinajstić information content (AvgIpc) is 2.93. The van der Waals surface area contributed by atoms with Crippen LogP contribution in [0.2, 0.25) is 0 Å². The molecule has 3 nitrogen and oxygen atoms in total. The van der Waals surface area contributed by atoms with E-state index in [9.17, 15) is 4.39 Å². The minimum Gasteiger partial charge on any atom is -0.457 e. The summed E-state index contributed by atoms with van der Waals surface area (Å²) in [6, 6.07) is 14.0. The lowest BCUT2D eigenvalue weighted by molar-refractivity contribution is 0.0882. The van der Waals surface area contributed by atoms with Gasteiger partial charge >= 0.3 is 0 Å². The van der Waals surface area contributed by atoms with Gasteiger partial charge in [-0.2, -0.15) is 5.48 Å². The minimum atomic E-state index is -0.306. The third kappa shape index (κ3) is 2.92. The number of nitrogens with one attached hydrogen (secondary N) is 1. The predicted octanol–water partition coefficient (Wildman–Crippen LogP) is 3.58. The Morgan fingerprint density at radius 3 is 2.63 bits per heavy atom. The summed E-state index contributed by atoms with van der Waals surface area (Å²) in [6.07, 6.45) is 0.934. The van der Waals surface area contributed by atoms with Crippen LogP contribution in [0.1, 0.15) is 18.0 Å². The van der Waals surface area contributed by atoms with Crippen LogP contribution in [-0.2, 0) is 4.84 Å². The summed E-state index contributed by atoms with van der Waals surface area (Å²) in [7, 11) is 0. The Morgan fingerprint density at radius 1 is 1.11 bits per heavy atom. The van der Waals surface area contributed by atoms with E-state index in [-0.39, 0.29) is 11.9 Å².